The van der Waals surface area contributed by atoms with E-state index in [9.17, 15) is 0 Å². The average Bonchev–Trinajstić information content (AvgIpc) is 2.27. The highest BCUT2D eigenvalue weighted by molar-refractivity contribution is 5.15. The molecule has 0 aromatic carbocycles. The molecule has 44 valence electrons. The van der Waals surface area contributed by atoms with Gasteiger partial charge in [-0.3, -0.25) is 0 Å². The first-order valence-electron chi connectivity index (χ1n) is 4.86. The van der Waals surface area contributed by atoms with Crippen LogP contribution in [0.5, 0.6) is 0 Å². The van der Waals surface area contributed by atoms with Gasteiger partial charge in [-0.05, 0) is 6.85 Å². The number of hydrogen-bond acceptors (Lipinski definition) is 3. The molecule has 2 N–H and O–H groups in total. The molecule has 0 aliphatic rings. The number of aryl methyl sites for hydroxylation is 1. The van der Waals surface area contributed by atoms with Crippen LogP contribution < -0.4 is 5.73 Å². The Labute approximate surface area is 55.8 Å². The van der Waals surface area contributed by atoms with Gasteiger partial charge in [-0.1, -0.05) is 0 Å². The molecule has 1 aromatic heterocycles. The largest absolute Gasteiger partial charge is 0.368 e. The zero-order valence-corrected chi connectivity index (χ0v) is 3.92. The van der Waals surface area contributed by atoms with Crippen molar-refractivity contribution in [3.63, 3.8) is 0 Å². The molecule has 0 atom stereocenters. The second kappa shape index (κ2) is 1.47. The molecular weight excluding hydrogens is 104 g/mol. The lowest BCUT2D eigenvalue weighted by Crippen LogP contribution is -1.97. The highest BCUT2D eigenvalue weighted by Crippen LogP contribution is 1.95. The van der Waals surface area contributed by atoms with Crippen LogP contribution in [0.4, 0.5) is 5.95 Å². The highest BCUT2D eigenvalue weighted by atomic mass is 15.3. The van der Waals surface area contributed by atoms with Gasteiger partial charge in [0.1, 0.15) is 5.82 Å². The second-order valence-corrected chi connectivity index (χ2v) is 1.22. The van der Waals surface area contributed by atoms with E-state index in [1.807, 2.05) is 0 Å². The fourth-order valence-electron chi connectivity index (χ4n) is 0.297. The molecule has 0 bridgehead atoms. The van der Waals surface area contributed by atoms with Gasteiger partial charge in [0.05, 0.1) is 0 Å². The molecule has 0 saturated heterocycles. The van der Waals surface area contributed by atoms with Gasteiger partial charge in [-0.25, -0.2) is 0 Å². The zero-order valence-electron chi connectivity index (χ0n) is 9.92. The highest BCUT2D eigenvalue weighted by Gasteiger charge is 1.95. The molecule has 0 aliphatic carbocycles. The van der Waals surface area contributed by atoms with E-state index in [0.29, 0.717) is 4.57 Å². The van der Waals surface area contributed by atoms with Crippen LogP contribution in [0.15, 0.2) is 0 Å². The van der Waals surface area contributed by atoms with E-state index in [1.54, 1.807) is 0 Å². The Kier molecular flexibility index (Phi) is 0.268. The Morgan fingerprint density at radius 2 is 2.62 bits per heavy atom. The maximum Gasteiger partial charge on any atom is 0.221 e. The number of anilines is 1. The van der Waals surface area contributed by atoms with E-state index in [2.05, 4.69) is 10.2 Å². The number of nitrogen functional groups attached to an aromatic ring is 1. The van der Waals surface area contributed by atoms with Crippen LogP contribution in [0.1, 0.15) is 14.0 Å². The maximum absolute atomic E-state index is 7.04. The predicted molar refractivity (Wildman–Crippen MR) is 30.2 cm³/mol. The van der Waals surface area contributed by atoms with Gasteiger partial charge in [0, 0.05) is 15.2 Å². The van der Waals surface area contributed by atoms with Crippen LogP contribution in [-0.4, -0.2) is 14.8 Å². The Bertz CT molecular complexity index is 335. The molecule has 0 fully saturated rings. The summed E-state index contributed by atoms with van der Waals surface area (Å²) in [4.78, 5) is 0. The Hall–Kier alpha value is -1.06. The van der Waals surface area contributed by atoms with Gasteiger partial charge in [0.25, 0.3) is 0 Å². The Morgan fingerprint density at radius 1 is 1.75 bits per heavy atom. The fourth-order valence-corrected chi connectivity index (χ4v) is 0.297. The summed E-state index contributed by atoms with van der Waals surface area (Å²) in [5, 5.41) is 6.44. The van der Waals surface area contributed by atoms with Crippen molar-refractivity contribution in [1.82, 2.24) is 14.8 Å². The minimum Gasteiger partial charge on any atom is -0.368 e. The maximum atomic E-state index is 7.04. The van der Waals surface area contributed by atoms with E-state index in [0.717, 1.165) is 0 Å². The minimum atomic E-state index is -2.68. The summed E-state index contributed by atoms with van der Waals surface area (Å²) in [7, 11) is 0. The molecule has 0 aliphatic heterocycles. The van der Waals surface area contributed by atoms with Gasteiger partial charge >= 0.3 is 0 Å². The summed E-state index contributed by atoms with van der Waals surface area (Å²) < 4.78 is 42.6. The number of aromatic nitrogens is 3. The monoisotopic (exact) mass is 118 g/mol. The fraction of sp³-hybridized carbons (Fsp3) is 0.500. The smallest absolute Gasteiger partial charge is 0.221 e. The van der Waals surface area contributed by atoms with Gasteiger partial charge < -0.3 is 10.3 Å². The lowest BCUT2D eigenvalue weighted by molar-refractivity contribution is 0.868. The van der Waals surface area contributed by atoms with Crippen LogP contribution in [0.25, 0.3) is 0 Å². The van der Waals surface area contributed by atoms with Crippen LogP contribution in [0.2, 0.25) is 0 Å². The van der Waals surface area contributed by atoms with Crippen molar-refractivity contribution < 1.29 is 8.22 Å². The molecule has 4 nitrogen and oxygen atoms in total. The van der Waals surface area contributed by atoms with Crippen molar-refractivity contribution in [2.45, 2.75) is 6.85 Å². The van der Waals surface area contributed by atoms with E-state index < -0.39 is 25.6 Å². The third-order valence-electron chi connectivity index (χ3n) is 0.688. The molecule has 0 radical (unpaired) electrons. The van der Waals surface area contributed by atoms with Gasteiger partial charge in [0.2, 0.25) is 5.95 Å². The summed E-state index contributed by atoms with van der Waals surface area (Å²) in [6.07, 6.45) is 0. The number of hydrogen-bond donors (Lipinski definition) is 1. The number of nitrogens with zero attached hydrogens (tertiary/aromatic N) is 3. The molecule has 4 heteroatoms. The van der Waals surface area contributed by atoms with Crippen LogP contribution in [-0.2, 0) is 6.98 Å². The SMILES string of the molecule is [2H]C([2H])([2H])c1nnc(N)n1C([2H])([2H])[2H]. The Morgan fingerprint density at radius 3 is 3.12 bits per heavy atom. The molecular formula is C4H8N4. The van der Waals surface area contributed by atoms with Crippen molar-refractivity contribution in [3.05, 3.63) is 5.82 Å². The second-order valence-electron chi connectivity index (χ2n) is 1.22. The number of rotatable bonds is 0. The molecule has 1 rings (SSSR count). The van der Waals surface area contributed by atoms with Crippen molar-refractivity contribution in [3.8, 4) is 0 Å². The van der Waals surface area contributed by atoms with Crippen LogP contribution in [0, 0.1) is 6.85 Å². The van der Waals surface area contributed by atoms with Gasteiger partial charge in [-0.15, -0.1) is 10.2 Å². The van der Waals surface area contributed by atoms with Crippen molar-refractivity contribution in [2.75, 3.05) is 5.73 Å². The first-order chi connectivity index (χ1) is 6.14. The molecule has 0 unspecified atom stereocenters. The summed E-state index contributed by atoms with van der Waals surface area (Å²) in [5.74, 6) is -1.06. The summed E-state index contributed by atoms with van der Waals surface area (Å²) in [5.41, 5.74) is 5.20. The van der Waals surface area contributed by atoms with Gasteiger partial charge in [0.15, 0.2) is 0 Å². The summed E-state index contributed by atoms with van der Waals surface area (Å²) in [6, 6.07) is 0. The van der Waals surface area contributed by atoms with Crippen LogP contribution in [0.3, 0.4) is 0 Å². The molecule has 1 aromatic rings. The first kappa shape index (κ1) is 1.46. The summed E-state index contributed by atoms with van der Waals surface area (Å²) in [6.45, 7) is -5.32. The number of nitrogens with two attached hydrogens (primary N) is 1. The Balaban J connectivity index is 3.35. The lowest BCUT2D eigenvalue weighted by atomic mass is 10.7. The molecule has 8 heavy (non-hydrogen) atoms. The average molecular weight is 118 g/mol. The van der Waals surface area contributed by atoms with Crippen molar-refractivity contribution in [2.24, 2.45) is 6.98 Å². The molecule has 0 amide bonds. The van der Waals surface area contributed by atoms with Crippen LogP contribution >= 0.6 is 0 Å². The third-order valence-corrected chi connectivity index (χ3v) is 0.688. The summed E-state index contributed by atoms with van der Waals surface area (Å²) >= 11 is 0. The lowest BCUT2D eigenvalue weighted by Gasteiger charge is -1.90. The molecule has 1 heterocycles. The quantitative estimate of drug-likeness (QED) is 0.509. The minimum absolute atomic E-state index is 0.431. The standard InChI is InChI=1S/C4H8N4/c1-3-6-7-4(5)8(3)2/h1-2H3,(H2,5,7)/i1D3,2D3. The van der Waals surface area contributed by atoms with E-state index in [4.69, 9.17) is 14.0 Å². The first-order valence-corrected chi connectivity index (χ1v) is 1.86. The van der Waals surface area contributed by atoms with E-state index in [-0.39, 0.29) is 0 Å². The topological polar surface area (TPSA) is 56.7 Å². The third kappa shape index (κ3) is 0.538. The normalized spacial score (nSPS) is 24.0. The van der Waals surface area contributed by atoms with E-state index >= 15 is 0 Å². The van der Waals surface area contributed by atoms with Gasteiger partial charge in [-0.2, -0.15) is 0 Å². The van der Waals surface area contributed by atoms with E-state index in [1.165, 1.54) is 0 Å². The molecule has 0 spiro atoms. The van der Waals surface area contributed by atoms with Crippen molar-refractivity contribution >= 4 is 5.95 Å². The predicted octanol–water partition coefficient (Wildman–Crippen LogP) is -0.294. The zero-order chi connectivity index (χ0) is 11.1. The molecule has 0 saturated carbocycles. The van der Waals surface area contributed by atoms with Crippen molar-refractivity contribution in [1.29, 1.82) is 0 Å².